The Hall–Kier alpha value is -2.57. The predicted molar refractivity (Wildman–Crippen MR) is 114 cm³/mol. The van der Waals surface area contributed by atoms with Crippen molar-refractivity contribution in [3.05, 3.63) is 53.6 Å². The second kappa shape index (κ2) is 8.43. The van der Waals surface area contributed by atoms with Gasteiger partial charge in [0.05, 0.1) is 25.3 Å². The van der Waals surface area contributed by atoms with E-state index in [-0.39, 0.29) is 24.3 Å². The Morgan fingerprint density at radius 3 is 2.28 bits per heavy atom. The molecular formula is C22H24ClN3O3. The van der Waals surface area contributed by atoms with Gasteiger partial charge >= 0.3 is 0 Å². The van der Waals surface area contributed by atoms with Crippen molar-refractivity contribution in [3.8, 4) is 5.75 Å². The van der Waals surface area contributed by atoms with Crippen molar-refractivity contribution in [1.29, 1.82) is 0 Å². The van der Waals surface area contributed by atoms with E-state index in [0.29, 0.717) is 16.8 Å². The summed E-state index contributed by atoms with van der Waals surface area (Å²) in [5.41, 5.74) is 1.65. The highest BCUT2D eigenvalue weighted by molar-refractivity contribution is 6.30. The Morgan fingerprint density at radius 1 is 1.00 bits per heavy atom. The van der Waals surface area contributed by atoms with Crippen molar-refractivity contribution in [3.63, 3.8) is 0 Å². The molecule has 29 heavy (non-hydrogen) atoms. The number of hydrogen-bond acceptors (Lipinski definition) is 5. The number of halogens is 1. The molecule has 2 aliphatic rings. The molecule has 2 aliphatic heterocycles. The number of nitrogens with zero attached hydrogens (tertiary/aromatic N) is 2. The predicted octanol–water partition coefficient (Wildman–Crippen LogP) is 3.56. The summed E-state index contributed by atoms with van der Waals surface area (Å²) in [6, 6.07) is 14.7. The summed E-state index contributed by atoms with van der Waals surface area (Å²) in [6.45, 7) is 1.57. The van der Waals surface area contributed by atoms with Crippen LogP contribution in [0.1, 0.15) is 19.3 Å². The first-order chi connectivity index (χ1) is 14.0. The van der Waals surface area contributed by atoms with Crippen LogP contribution in [0, 0.1) is 0 Å². The number of benzene rings is 2. The highest BCUT2D eigenvalue weighted by atomic mass is 35.5. The summed E-state index contributed by atoms with van der Waals surface area (Å²) in [7, 11) is 1.65. The van der Waals surface area contributed by atoms with Crippen LogP contribution in [0.25, 0.3) is 0 Å². The number of rotatable bonds is 5. The summed E-state index contributed by atoms with van der Waals surface area (Å²) in [4.78, 5) is 28.9. The molecule has 1 atom stereocenters. The van der Waals surface area contributed by atoms with E-state index in [1.54, 1.807) is 31.4 Å². The largest absolute Gasteiger partial charge is 0.497 e. The lowest BCUT2D eigenvalue weighted by Crippen LogP contribution is -2.48. The van der Waals surface area contributed by atoms with E-state index in [2.05, 4.69) is 10.2 Å². The fraction of sp³-hybridized carbons (Fsp3) is 0.364. The SMILES string of the molecule is COc1ccc(NC2CCN([C@@H]3CC(=O)N(c4ccc(Cl)cc4)C3=O)CC2)cc1. The van der Waals surface area contributed by atoms with Crippen LogP contribution >= 0.6 is 11.6 Å². The molecule has 2 saturated heterocycles. The quantitative estimate of drug-likeness (QED) is 0.759. The number of methoxy groups -OCH3 is 1. The first-order valence-corrected chi connectivity index (χ1v) is 10.2. The molecule has 0 aliphatic carbocycles. The minimum atomic E-state index is -0.375. The first-order valence-electron chi connectivity index (χ1n) is 9.82. The Balaban J connectivity index is 1.35. The third-order valence-electron chi connectivity index (χ3n) is 5.64. The van der Waals surface area contributed by atoms with Crippen molar-refractivity contribution in [2.75, 3.05) is 30.4 Å². The normalized spacial score (nSPS) is 20.9. The van der Waals surface area contributed by atoms with Gasteiger partial charge in [0.25, 0.3) is 5.91 Å². The summed E-state index contributed by atoms with van der Waals surface area (Å²) >= 11 is 5.92. The van der Waals surface area contributed by atoms with Crippen LogP contribution < -0.4 is 15.0 Å². The Morgan fingerprint density at radius 2 is 1.66 bits per heavy atom. The fourth-order valence-electron chi connectivity index (χ4n) is 4.04. The van der Waals surface area contributed by atoms with Gasteiger partial charge in [0.1, 0.15) is 5.75 Å². The van der Waals surface area contributed by atoms with Gasteiger partial charge in [-0.3, -0.25) is 14.5 Å². The fourth-order valence-corrected chi connectivity index (χ4v) is 4.17. The number of likely N-dealkylation sites (tertiary alicyclic amines) is 1. The monoisotopic (exact) mass is 413 g/mol. The van der Waals surface area contributed by atoms with Crippen LogP contribution in [-0.4, -0.2) is 49.0 Å². The molecule has 2 fully saturated rings. The van der Waals surface area contributed by atoms with Crippen molar-refractivity contribution in [2.24, 2.45) is 0 Å². The van der Waals surface area contributed by atoms with Crippen LogP contribution in [0.3, 0.4) is 0 Å². The zero-order valence-electron chi connectivity index (χ0n) is 16.3. The lowest BCUT2D eigenvalue weighted by atomic mass is 10.0. The molecule has 0 saturated carbocycles. The van der Waals surface area contributed by atoms with E-state index < -0.39 is 0 Å². The van der Waals surface area contributed by atoms with Crippen LogP contribution in [0.4, 0.5) is 11.4 Å². The van der Waals surface area contributed by atoms with Crippen LogP contribution in [-0.2, 0) is 9.59 Å². The topological polar surface area (TPSA) is 61.9 Å². The van der Waals surface area contributed by atoms with E-state index in [1.807, 2.05) is 24.3 Å². The standard InChI is InChI=1S/C22H24ClN3O3/c1-29-19-8-4-16(5-9-19)24-17-10-12-25(13-11-17)20-14-21(27)26(22(20)28)18-6-2-15(23)3-7-18/h2-9,17,20,24H,10-14H2,1H3/t20-/m1/s1. The molecule has 2 amide bonds. The lowest BCUT2D eigenvalue weighted by Gasteiger charge is -2.35. The van der Waals surface area contributed by atoms with E-state index in [1.165, 1.54) is 4.90 Å². The summed E-state index contributed by atoms with van der Waals surface area (Å²) in [5.74, 6) is 0.541. The highest BCUT2D eigenvalue weighted by Crippen LogP contribution is 2.29. The van der Waals surface area contributed by atoms with Crippen LogP contribution in [0.2, 0.25) is 5.02 Å². The average molecular weight is 414 g/mol. The first kappa shape index (κ1) is 19.7. The second-order valence-electron chi connectivity index (χ2n) is 7.45. The lowest BCUT2D eigenvalue weighted by molar-refractivity contribution is -0.123. The molecule has 7 heteroatoms. The molecule has 2 heterocycles. The third-order valence-corrected chi connectivity index (χ3v) is 5.89. The van der Waals surface area contributed by atoms with Crippen molar-refractivity contribution in [2.45, 2.75) is 31.3 Å². The Kier molecular flexibility index (Phi) is 5.74. The maximum absolute atomic E-state index is 12.9. The number of anilines is 2. The molecular weight excluding hydrogens is 390 g/mol. The zero-order valence-corrected chi connectivity index (χ0v) is 17.1. The van der Waals surface area contributed by atoms with Crippen molar-refractivity contribution < 1.29 is 14.3 Å². The molecule has 0 spiro atoms. The number of ether oxygens (including phenoxy) is 1. The molecule has 0 bridgehead atoms. The molecule has 0 radical (unpaired) electrons. The molecule has 6 nitrogen and oxygen atoms in total. The van der Waals surface area contributed by atoms with Crippen LogP contribution in [0.5, 0.6) is 5.75 Å². The van der Waals surface area contributed by atoms with Crippen molar-refractivity contribution >= 4 is 34.8 Å². The van der Waals surface area contributed by atoms with E-state index in [0.717, 1.165) is 37.4 Å². The van der Waals surface area contributed by atoms with Gasteiger partial charge in [-0.2, -0.15) is 0 Å². The van der Waals surface area contributed by atoms with E-state index in [9.17, 15) is 9.59 Å². The number of amides is 2. The number of piperidine rings is 1. The summed E-state index contributed by atoms with van der Waals surface area (Å²) < 4.78 is 5.19. The summed E-state index contributed by atoms with van der Waals surface area (Å²) in [6.07, 6.45) is 2.08. The molecule has 2 aromatic carbocycles. The number of nitrogens with one attached hydrogen (secondary N) is 1. The van der Waals surface area contributed by atoms with Gasteiger partial charge in [0, 0.05) is 29.8 Å². The van der Waals surface area contributed by atoms with Gasteiger partial charge in [-0.15, -0.1) is 0 Å². The molecule has 4 rings (SSSR count). The van der Waals surface area contributed by atoms with E-state index in [4.69, 9.17) is 16.3 Å². The second-order valence-corrected chi connectivity index (χ2v) is 7.88. The van der Waals surface area contributed by atoms with Gasteiger partial charge < -0.3 is 10.1 Å². The molecule has 2 aromatic rings. The van der Waals surface area contributed by atoms with Crippen molar-refractivity contribution in [1.82, 2.24) is 4.90 Å². The maximum atomic E-state index is 12.9. The number of hydrogen-bond donors (Lipinski definition) is 1. The minimum absolute atomic E-state index is 0.140. The average Bonchev–Trinajstić information content (AvgIpc) is 3.04. The molecule has 1 N–H and O–H groups in total. The summed E-state index contributed by atoms with van der Waals surface area (Å²) in [5, 5.41) is 4.13. The van der Waals surface area contributed by atoms with Crippen LogP contribution in [0.15, 0.2) is 48.5 Å². The molecule has 0 aromatic heterocycles. The highest BCUT2D eigenvalue weighted by Gasteiger charge is 2.43. The smallest absolute Gasteiger partial charge is 0.251 e. The minimum Gasteiger partial charge on any atom is -0.497 e. The zero-order chi connectivity index (χ0) is 20.4. The van der Waals surface area contributed by atoms with E-state index >= 15 is 0 Å². The number of carbonyl (C=O) groups excluding carboxylic acids is 2. The number of carbonyl (C=O) groups is 2. The molecule has 152 valence electrons. The Bertz CT molecular complexity index is 877. The van der Waals surface area contributed by atoms with Gasteiger partial charge in [0.15, 0.2) is 0 Å². The van der Waals surface area contributed by atoms with Gasteiger partial charge in [-0.05, 0) is 61.4 Å². The van der Waals surface area contributed by atoms with Gasteiger partial charge in [-0.25, -0.2) is 4.90 Å². The Labute approximate surface area is 175 Å². The van der Waals surface area contributed by atoms with Gasteiger partial charge in [0.2, 0.25) is 5.91 Å². The third kappa shape index (κ3) is 4.23. The maximum Gasteiger partial charge on any atom is 0.251 e. The number of imide groups is 1. The van der Waals surface area contributed by atoms with Gasteiger partial charge in [-0.1, -0.05) is 11.6 Å². The molecule has 0 unspecified atom stereocenters.